The molecule has 0 atom stereocenters. The van der Waals surface area contributed by atoms with Gasteiger partial charge in [-0.15, -0.1) is 12.4 Å². The topological polar surface area (TPSA) is 44.8 Å². The molecule has 27 heavy (non-hydrogen) atoms. The first-order valence-corrected chi connectivity index (χ1v) is 9.20. The second-order valence-corrected chi connectivity index (χ2v) is 6.72. The van der Waals surface area contributed by atoms with Crippen molar-refractivity contribution in [2.75, 3.05) is 52.9 Å². The van der Waals surface area contributed by atoms with Crippen LogP contribution in [0.1, 0.15) is 25.3 Å². The number of likely N-dealkylation sites (N-methyl/N-ethyl adjacent to an activating group) is 1. The largest absolute Gasteiger partial charge is 0.494 e. The van der Waals surface area contributed by atoms with Crippen LogP contribution in [0.25, 0.3) is 0 Å². The Balaban J connectivity index is 0.00000364. The van der Waals surface area contributed by atoms with E-state index < -0.39 is 12.5 Å². The second-order valence-electron chi connectivity index (χ2n) is 6.72. The SMILES string of the molecule is CCCCOc1cccc(C(F)(F)CNCC(=O)N2CCN(C)CC2)c1.Cl. The summed E-state index contributed by atoms with van der Waals surface area (Å²) in [5.74, 6) is -2.75. The summed E-state index contributed by atoms with van der Waals surface area (Å²) in [7, 11) is 2.00. The number of halogens is 3. The van der Waals surface area contributed by atoms with Gasteiger partial charge in [0.25, 0.3) is 5.92 Å². The molecule has 0 spiro atoms. The van der Waals surface area contributed by atoms with Crippen molar-refractivity contribution in [2.45, 2.75) is 25.7 Å². The fourth-order valence-electron chi connectivity index (χ4n) is 2.74. The Morgan fingerprint density at radius 2 is 1.96 bits per heavy atom. The lowest BCUT2D eigenvalue weighted by Gasteiger charge is -2.32. The smallest absolute Gasteiger partial charge is 0.285 e. The molecule has 0 bridgehead atoms. The fraction of sp³-hybridized carbons (Fsp3) is 0.632. The quantitative estimate of drug-likeness (QED) is 0.642. The van der Waals surface area contributed by atoms with Gasteiger partial charge in [-0.3, -0.25) is 4.79 Å². The van der Waals surface area contributed by atoms with Crippen molar-refractivity contribution in [3.8, 4) is 5.75 Å². The highest BCUT2D eigenvalue weighted by atomic mass is 35.5. The first-order valence-electron chi connectivity index (χ1n) is 9.20. The highest BCUT2D eigenvalue weighted by Gasteiger charge is 2.32. The predicted octanol–water partition coefficient (Wildman–Crippen LogP) is 2.74. The zero-order valence-corrected chi connectivity index (χ0v) is 16.9. The Morgan fingerprint density at radius 3 is 2.63 bits per heavy atom. The van der Waals surface area contributed by atoms with E-state index in [1.54, 1.807) is 17.0 Å². The third-order valence-electron chi connectivity index (χ3n) is 4.50. The summed E-state index contributed by atoms with van der Waals surface area (Å²) in [5.41, 5.74) is -0.106. The van der Waals surface area contributed by atoms with Crippen molar-refractivity contribution < 1.29 is 18.3 Å². The van der Waals surface area contributed by atoms with Gasteiger partial charge in [-0.2, -0.15) is 8.78 Å². The summed E-state index contributed by atoms with van der Waals surface area (Å²) in [6.07, 6.45) is 1.87. The number of carbonyl (C=O) groups excluding carboxylic acids is 1. The van der Waals surface area contributed by atoms with E-state index in [0.717, 1.165) is 25.9 Å². The molecule has 2 rings (SSSR count). The maximum absolute atomic E-state index is 14.4. The van der Waals surface area contributed by atoms with Crippen molar-refractivity contribution in [1.29, 1.82) is 0 Å². The Kier molecular flexibility index (Phi) is 9.98. The molecule has 1 heterocycles. The lowest BCUT2D eigenvalue weighted by Crippen LogP contribution is -2.50. The van der Waals surface area contributed by atoms with E-state index >= 15 is 0 Å². The Bertz CT molecular complexity index is 582. The van der Waals surface area contributed by atoms with Crippen LogP contribution in [0.15, 0.2) is 24.3 Å². The number of piperazine rings is 1. The molecule has 1 fully saturated rings. The molecule has 1 aliphatic rings. The molecule has 1 aromatic carbocycles. The van der Waals surface area contributed by atoms with Crippen LogP contribution >= 0.6 is 12.4 Å². The predicted molar refractivity (Wildman–Crippen MR) is 105 cm³/mol. The molecule has 1 aliphatic heterocycles. The normalized spacial score (nSPS) is 15.3. The number of carbonyl (C=O) groups is 1. The minimum atomic E-state index is -3.06. The molecular formula is C19H30ClF2N3O2. The third-order valence-corrected chi connectivity index (χ3v) is 4.50. The van der Waals surface area contributed by atoms with Crippen LogP contribution in [0.5, 0.6) is 5.75 Å². The maximum atomic E-state index is 14.4. The number of alkyl halides is 2. The summed E-state index contributed by atoms with van der Waals surface area (Å²) < 4.78 is 34.3. The van der Waals surface area contributed by atoms with Crippen LogP contribution in [0.2, 0.25) is 0 Å². The molecule has 1 saturated heterocycles. The Morgan fingerprint density at radius 1 is 1.26 bits per heavy atom. The number of nitrogens with one attached hydrogen (secondary N) is 1. The molecule has 5 nitrogen and oxygen atoms in total. The van der Waals surface area contributed by atoms with Gasteiger partial charge in [-0.1, -0.05) is 25.5 Å². The minimum absolute atomic E-state index is 0. The average Bonchev–Trinajstić information content (AvgIpc) is 2.62. The molecule has 1 amide bonds. The van der Waals surface area contributed by atoms with Crippen LogP contribution in [-0.2, 0) is 10.7 Å². The highest BCUT2D eigenvalue weighted by Crippen LogP contribution is 2.29. The number of amides is 1. The summed E-state index contributed by atoms with van der Waals surface area (Å²) >= 11 is 0. The van der Waals surface area contributed by atoms with E-state index in [4.69, 9.17) is 4.74 Å². The zero-order chi connectivity index (χ0) is 19.0. The molecule has 8 heteroatoms. The Hall–Kier alpha value is -1.44. The standard InChI is InChI=1S/C19H29F2N3O2.ClH/c1-3-4-12-26-17-7-5-6-16(13-17)19(20,21)15-22-14-18(25)24-10-8-23(2)9-11-24;/h5-7,13,22H,3-4,8-12,14-15H2,1-2H3;1H. The molecule has 0 unspecified atom stereocenters. The highest BCUT2D eigenvalue weighted by molar-refractivity contribution is 5.85. The van der Waals surface area contributed by atoms with Crippen molar-refractivity contribution in [2.24, 2.45) is 0 Å². The summed E-state index contributed by atoms with van der Waals surface area (Å²) in [6, 6.07) is 6.01. The van der Waals surface area contributed by atoms with Gasteiger partial charge in [0.2, 0.25) is 5.91 Å². The number of hydrogen-bond acceptors (Lipinski definition) is 4. The molecule has 154 valence electrons. The lowest BCUT2D eigenvalue weighted by atomic mass is 10.1. The number of unbranched alkanes of at least 4 members (excludes halogenated alkanes) is 1. The van der Waals surface area contributed by atoms with Crippen LogP contribution in [0.3, 0.4) is 0 Å². The molecule has 1 N–H and O–H groups in total. The summed E-state index contributed by atoms with van der Waals surface area (Å²) in [5, 5.41) is 2.61. The van der Waals surface area contributed by atoms with Crippen LogP contribution in [-0.4, -0.2) is 68.6 Å². The van der Waals surface area contributed by atoms with Crippen molar-refractivity contribution in [1.82, 2.24) is 15.1 Å². The van der Waals surface area contributed by atoms with Crippen LogP contribution in [0.4, 0.5) is 8.78 Å². The third kappa shape index (κ3) is 7.60. The van der Waals surface area contributed by atoms with E-state index in [9.17, 15) is 13.6 Å². The van der Waals surface area contributed by atoms with E-state index in [0.29, 0.717) is 25.4 Å². The number of hydrogen-bond donors (Lipinski definition) is 1. The molecule has 1 aromatic rings. The van der Waals surface area contributed by atoms with Gasteiger partial charge in [0, 0.05) is 31.7 Å². The molecule has 0 aliphatic carbocycles. The van der Waals surface area contributed by atoms with E-state index in [-0.39, 0.29) is 30.4 Å². The summed E-state index contributed by atoms with van der Waals surface area (Å²) in [4.78, 5) is 16.0. The van der Waals surface area contributed by atoms with E-state index in [1.807, 2.05) is 14.0 Å². The van der Waals surface area contributed by atoms with Gasteiger partial charge in [0.1, 0.15) is 5.75 Å². The number of ether oxygens (including phenoxy) is 1. The Labute approximate surface area is 166 Å². The van der Waals surface area contributed by atoms with Gasteiger partial charge in [0.15, 0.2) is 0 Å². The van der Waals surface area contributed by atoms with Gasteiger partial charge in [0.05, 0.1) is 19.7 Å². The van der Waals surface area contributed by atoms with Gasteiger partial charge >= 0.3 is 0 Å². The molecular weight excluding hydrogens is 376 g/mol. The van der Waals surface area contributed by atoms with Crippen LogP contribution in [0, 0.1) is 0 Å². The lowest BCUT2D eigenvalue weighted by molar-refractivity contribution is -0.132. The van der Waals surface area contributed by atoms with Crippen LogP contribution < -0.4 is 10.1 Å². The first-order chi connectivity index (χ1) is 12.4. The first kappa shape index (κ1) is 23.6. The molecule has 0 saturated carbocycles. The average molecular weight is 406 g/mol. The van der Waals surface area contributed by atoms with Gasteiger partial charge in [-0.25, -0.2) is 0 Å². The monoisotopic (exact) mass is 405 g/mol. The van der Waals surface area contributed by atoms with Gasteiger partial charge < -0.3 is 19.9 Å². The minimum Gasteiger partial charge on any atom is -0.494 e. The summed E-state index contributed by atoms with van der Waals surface area (Å²) in [6.45, 7) is 4.82. The fourth-order valence-corrected chi connectivity index (χ4v) is 2.74. The number of rotatable bonds is 9. The van der Waals surface area contributed by atoms with E-state index in [1.165, 1.54) is 12.1 Å². The molecule has 0 radical (unpaired) electrons. The zero-order valence-electron chi connectivity index (χ0n) is 16.0. The number of nitrogens with zero attached hydrogens (tertiary/aromatic N) is 2. The van der Waals surface area contributed by atoms with Crippen molar-refractivity contribution >= 4 is 18.3 Å². The molecule has 0 aromatic heterocycles. The van der Waals surface area contributed by atoms with Gasteiger partial charge in [-0.05, 0) is 25.6 Å². The second kappa shape index (κ2) is 11.4. The number of benzene rings is 1. The maximum Gasteiger partial charge on any atom is 0.285 e. The van der Waals surface area contributed by atoms with Crippen molar-refractivity contribution in [3.63, 3.8) is 0 Å². The van der Waals surface area contributed by atoms with E-state index in [2.05, 4.69) is 10.2 Å². The van der Waals surface area contributed by atoms with Crippen molar-refractivity contribution in [3.05, 3.63) is 29.8 Å².